The van der Waals surface area contributed by atoms with Crippen molar-refractivity contribution in [2.45, 2.75) is 25.6 Å². The molecule has 36 heavy (non-hydrogen) atoms. The van der Waals surface area contributed by atoms with Gasteiger partial charge in [-0.2, -0.15) is 4.31 Å². The topological polar surface area (TPSA) is 82.8 Å². The first-order chi connectivity index (χ1) is 17.4. The van der Waals surface area contributed by atoms with E-state index in [-0.39, 0.29) is 11.8 Å². The predicted octanol–water partition coefficient (Wildman–Crippen LogP) is 3.67. The van der Waals surface area contributed by atoms with Crippen LogP contribution < -0.4 is 10.2 Å². The van der Waals surface area contributed by atoms with Gasteiger partial charge in [0.05, 0.1) is 18.6 Å². The molecule has 1 atom stereocenters. The van der Waals surface area contributed by atoms with Gasteiger partial charge in [-0.15, -0.1) is 0 Å². The molecule has 0 fully saturated rings. The third-order valence-electron chi connectivity index (χ3n) is 6.31. The smallest absolute Gasteiger partial charge is 0.216 e. The normalized spacial score (nSPS) is 16.9. The van der Waals surface area contributed by atoms with Gasteiger partial charge in [0.1, 0.15) is 0 Å². The third-order valence-corrected chi connectivity index (χ3v) is 8.65. The molecule has 0 saturated heterocycles. The van der Waals surface area contributed by atoms with E-state index >= 15 is 0 Å². The van der Waals surface area contributed by atoms with Gasteiger partial charge in [-0.05, 0) is 42.5 Å². The average Bonchev–Trinajstić information content (AvgIpc) is 3.34. The molecular weight excluding hydrogens is 540 g/mol. The van der Waals surface area contributed by atoms with Crippen molar-refractivity contribution in [1.29, 1.82) is 0 Å². The van der Waals surface area contributed by atoms with E-state index in [4.69, 9.17) is 0 Å². The number of rotatable bonds is 10. The maximum absolute atomic E-state index is 13.8. The largest absolute Gasteiger partial charge is 0.389 e. The molecule has 0 unspecified atom stereocenters. The van der Waals surface area contributed by atoms with Crippen LogP contribution in [0.15, 0.2) is 88.6 Å². The first kappa shape index (κ1) is 26.1. The molecule has 1 aliphatic heterocycles. The van der Waals surface area contributed by atoms with E-state index in [2.05, 4.69) is 61.0 Å². The van der Waals surface area contributed by atoms with Gasteiger partial charge in [0.2, 0.25) is 10.0 Å². The van der Waals surface area contributed by atoms with E-state index in [0.717, 1.165) is 27.0 Å². The molecule has 1 aromatic heterocycles. The Balaban J connectivity index is 1.73. The van der Waals surface area contributed by atoms with E-state index in [1.54, 1.807) is 33.8 Å². The van der Waals surface area contributed by atoms with E-state index in [1.807, 2.05) is 37.4 Å². The van der Waals surface area contributed by atoms with Gasteiger partial charge < -0.3 is 14.8 Å². The third kappa shape index (κ3) is 6.43. The minimum atomic E-state index is -3.59. The van der Waals surface area contributed by atoms with E-state index < -0.39 is 10.0 Å². The lowest BCUT2D eigenvalue weighted by atomic mass is 10.1. The Kier molecular flexibility index (Phi) is 8.60. The highest BCUT2D eigenvalue weighted by atomic mass is 79.9. The van der Waals surface area contributed by atoms with Crippen LogP contribution in [0.5, 0.6) is 0 Å². The Morgan fingerprint density at radius 1 is 1.28 bits per heavy atom. The molecular formula is C26H31BrN6O2S. The molecule has 0 spiro atoms. The van der Waals surface area contributed by atoms with Crippen molar-refractivity contribution in [1.82, 2.24) is 19.2 Å². The minimum Gasteiger partial charge on any atom is -0.389 e. The van der Waals surface area contributed by atoms with Gasteiger partial charge in [0.15, 0.2) is 0 Å². The lowest BCUT2D eigenvalue weighted by molar-refractivity contribution is 0.318. The highest BCUT2D eigenvalue weighted by Crippen LogP contribution is 2.33. The quantitative estimate of drug-likeness (QED) is 0.376. The summed E-state index contributed by atoms with van der Waals surface area (Å²) in [5.41, 5.74) is 3.96. The van der Waals surface area contributed by atoms with Gasteiger partial charge in [-0.25, -0.2) is 13.4 Å². The lowest BCUT2D eigenvalue weighted by Crippen LogP contribution is -2.47. The molecule has 0 saturated carbocycles. The summed E-state index contributed by atoms with van der Waals surface area (Å²) in [4.78, 5) is 10.2. The number of nitrogens with zero attached hydrogens (tertiary/aromatic N) is 5. The van der Waals surface area contributed by atoms with Crippen LogP contribution in [-0.4, -0.2) is 60.9 Å². The fourth-order valence-corrected chi connectivity index (χ4v) is 6.53. The zero-order valence-corrected chi connectivity index (χ0v) is 22.7. The number of aryl methyl sites for hydroxylation is 1. The molecule has 190 valence electrons. The number of aliphatic imine (C=N–C) groups is 1. The second-order valence-corrected chi connectivity index (χ2v) is 11.7. The van der Waals surface area contributed by atoms with E-state index in [9.17, 15) is 8.42 Å². The standard InChI is InChI=1S/C26H31BrN6O2S/c1-28-16-24(29-2)18-32-19-25(14-21-6-4-3-5-7-21)33(17-22-15-23(27)8-9-26(22)32)36(34,35)13-12-31-11-10-30-20-31/h3-11,15-16,20,25,29H,1,12-14,17-19H2,2H3/b24-16-/t25-/m1/s1. The fourth-order valence-electron chi connectivity index (χ4n) is 4.52. The summed E-state index contributed by atoms with van der Waals surface area (Å²) < 4.78 is 32.1. The van der Waals surface area contributed by atoms with Crippen molar-refractivity contribution >= 4 is 38.4 Å². The van der Waals surface area contributed by atoms with Crippen LogP contribution in [0, 0.1) is 0 Å². The van der Waals surface area contributed by atoms with Crippen molar-refractivity contribution in [2.24, 2.45) is 4.99 Å². The van der Waals surface area contributed by atoms with Gasteiger partial charge in [0.25, 0.3) is 0 Å². The number of benzene rings is 2. The van der Waals surface area contributed by atoms with Gasteiger partial charge in [-0.3, -0.25) is 4.99 Å². The van der Waals surface area contributed by atoms with Crippen LogP contribution in [0.25, 0.3) is 0 Å². The van der Waals surface area contributed by atoms with Crippen molar-refractivity contribution in [2.75, 3.05) is 30.8 Å². The number of hydrogen-bond acceptors (Lipinski definition) is 6. The molecule has 4 rings (SSSR count). The Labute approximate surface area is 221 Å². The Bertz CT molecular complexity index is 1300. The van der Waals surface area contributed by atoms with Gasteiger partial charge >= 0.3 is 0 Å². The number of likely N-dealkylation sites (N-methyl/N-ethyl adjacent to an activating group) is 1. The van der Waals surface area contributed by atoms with Crippen molar-refractivity contribution in [3.05, 3.63) is 94.7 Å². The molecule has 0 bridgehead atoms. The predicted molar refractivity (Wildman–Crippen MR) is 149 cm³/mol. The zero-order chi connectivity index (χ0) is 25.5. The first-order valence-electron chi connectivity index (χ1n) is 11.7. The minimum absolute atomic E-state index is 0.0000384. The second-order valence-electron chi connectivity index (χ2n) is 8.75. The highest BCUT2D eigenvalue weighted by Gasteiger charge is 2.35. The van der Waals surface area contributed by atoms with Crippen LogP contribution in [0.4, 0.5) is 5.69 Å². The molecule has 0 radical (unpaired) electrons. The van der Waals surface area contributed by atoms with Crippen LogP contribution >= 0.6 is 15.9 Å². The summed E-state index contributed by atoms with van der Waals surface area (Å²) in [6.07, 6.45) is 7.40. The Morgan fingerprint density at radius 3 is 2.78 bits per heavy atom. The maximum atomic E-state index is 13.8. The van der Waals surface area contributed by atoms with E-state index in [1.165, 1.54) is 0 Å². The van der Waals surface area contributed by atoms with Crippen LogP contribution in [0.3, 0.4) is 0 Å². The highest BCUT2D eigenvalue weighted by molar-refractivity contribution is 9.10. The number of nitrogens with one attached hydrogen (secondary N) is 1. The molecule has 2 aromatic carbocycles. The maximum Gasteiger partial charge on any atom is 0.216 e. The van der Waals surface area contributed by atoms with E-state index in [0.29, 0.717) is 32.6 Å². The molecule has 0 amide bonds. The molecule has 1 N–H and O–H groups in total. The number of sulfonamides is 1. The lowest BCUT2D eigenvalue weighted by Gasteiger charge is -2.32. The summed E-state index contributed by atoms with van der Waals surface area (Å²) in [7, 11) is -1.74. The Hall–Kier alpha value is -2.95. The number of fused-ring (bicyclic) bond motifs is 1. The molecule has 3 aromatic rings. The van der Waals surface area contributed by atoms with Crippen LogP contribution in [0.2, 0.25) is 0 Å². The zero-order valence-electron chi connectivity index (χ0n) is 20.3. The molecule has 1 aliphatic rings. The van der Waals surface area contributed by atoms with Crippen molar-refractivity contribution in [3.8, 4) is 0 Å². The first-order valence-corrected chi connectivity index (χ1v) is 14.1. The number of aromatic nitrogens is 2. The monoisotopic (exact) mass is 570 g/mol. The molecule has 8 nitrogen and oxygen atoms in total. The number of halogens is 1. The fraction of sp³-hybridized carbons (Fsp3) is 0.308. The Morgan fingerprint density at radius 2 is 2.08 bits per heavy atom. The summed E-state index contributed by atoms with van der Waals surface area (Å²) in [6.45, 7) is 5.32. The summed E-state index contributed by atoms with van der Waals surface area (Å²) in [5, 5.41) is 3.19. The summed E-state index contributed by atoms with van der Waals surface area (Å²) >= 11 is 3.58. The van der Waals surface area contributed by atoms with Crippen molar-refractivity contribution < 1.29 is 8.42 Å². The number of hydrogen-bond donors (Lipinski definition) is 1. The molecule has 2 heterocycles. The van der Waals surface area contributed by atoms with Crippen LogP contribution in [-0.2, 0) is 29.5 Å². The molecule has 0 aliphatic carbocycles. The van der Waals surface area contributed by atoms with Crippen LogP contribution in [0.1, 0.15) is 11.1 Å². The van der Waals surface area contributed by atoms with Gasteiger partial charge in [0, 0.05) is 67.2 Å². The second kappa shape index (κ2) is 11.9. The number of anilines is 1. The average molecular weight is 572 g/mol. The summed E-state index contributed by atoms with van der Waals surface area (Å²) in [5.74, 6) is 0.0000384. The van der Waals surface area contributed by atoms with Gasteiger partial charge in [-0.1, -0.05) is 46.3 Å². The van der Waals surface area contributed by atoms with Crippen molar-refractivity contribution in [3.63, 3.8) is 0 Å². The summed E-state index contributed by atoms with van der Waals surface area (Å²) in [6, 6.07) is 15.9. The SMILES string of the molecule is C=N/C=C(/CN1C[C@@H](Cc2ccccc2)N(S(=O)(=O)CCn2ccnc2)Cc2cc(Br)ccc21)NC. The molecule has 10 heteroatoms. The number of imidazole rings is 1.